The van der Waals surface area contributed by atoms with E-state index in [0.717, 1.165) is 11.3 Å². The number of anilines is 1. The first-order valence-corrected chi connectivity index (χ1v) is 9.62. The third-order valence-electron chi connectivity index (χ3n) is 4.41. The lowest BCUT2D eigenvalue weighted by Crippen LogP contribution is -2.36. The second-order valence-corrected chi connectivity index (χ2v) is 6.80. The number of nitrogens with zero attached hydrogens (tertiary/aromatic N) is 2. The van der Waals surface area contributed by atoms with Crippen LogP contribution in [0.4, 0.5) is 14.5 Å². The molecule has 3 rings (SSSR count). The van der Waals surface area contributed by atoms with Crippen LogP contribution in [0.2, 0.25) is 0 Å². The van der Waals surface area contributed by atoms with Gasteiger partial charge in [0, 0.05) is 44.5 Å². The first-order valence-electron chi connectivity index (χ1n) is 9.62. The molecule has 0 unspecified atom stereocenters. The molecule has 1 aliphatic rings. The highest BCUT2D eigenvalue weighted by Crippen LogP contribution is 2.38. The normalized spacial score (nSPS) is 12.8. The molecule has 0 bridgehead atoms. The van der Waals surface area contributed by atoms with Gasteiger partial charge in [-0.05, 0) is 30.7 Å². The third-order valence-corrected chi connectivity index (χ3v) is 4.41. The number of hydrogen-bond donors (Lipinski definition) is 2. The first-order chi connectivity index (χ1) is 14.5. The van der Waals surface area contributed by atoms with E-state index >= 15 is 0 Å². The zero-order chi connectivity index (χ0) is 21.5. The van der Waals surface area contributed by atoms with E-state index in [4.69, 9.17) is 9.47 Å². The molecule has 0 spiro atoms. The molecule has 0 aliphatic carbocycles. The maximum atomic E-state index is 12.8. The molecule has 162 valence electrons. The molecular formula is C21H26F2N4O3. The van der Waals surface area contributed by atoms with Crippen molar-refractivity contribution in [2.45, 2.75) is 26.6 Å². The van der Waals surface area contributed by atoms with Crippen LogP contribution < -0.4 is 29.7 Å². The lowest BCUT2D eigenvalue weighted by Gasteiger charge is -2.15. The Morgan fingerprint density at radius 2 is 1.93 bits per heavy atom. The lowest BCUT2D eigenvalue weighted by molar-refractivity contribution is -0.0505. The molecular weight excluding hydrogens is 394 g/mol. The fourth-order valence-electron chi connectivity index (χ4n) is 2.93. The number of benzene rings is 2. The van der Waals surface area contributed by atoms with E-state index in [0.29, 0.717) is 36.1 Å². The molecule has 2 aromatic rings. The predicted molar refractivity (Wildman–Crippen MR) is 112 cm³/mol. The van der Waals surface area contributed by atoms with Gasteiger partial charge >= 0.3 is 6.61 Å². The monoisotopic (exact) mass is 420 g/mol. The molecule has 2 aromatic carbocycles. The van der Waals surface area contributed by atoms with Crippen LogP contribution in [0, 0.1) is 0 Å². The summed E-state index contributed by atoms with van der Waals surface area (Å²) < 4.78 is 40.9. The van der Waals surface area contributed by atoms with Gasteiger partial charge < -0.3 is 29.7 Å². The molecule has 0 radical (unpaired) electrons. The number of alkyl halides is 2. The van der Waals surface area contributed by atoms with E-state index < -0.39 is 6.61 Å². The van der Waals surface area contributed by atoms with Crippen molar-refractivity contribution in [3.8, 4) is 17.2 Å². The number of nitrogens with one attached hydrogen (secondary N) is 2. The number of fused-ring (bicyclic) bond motifs is 1. The van der Waals surface area contributed by atoms with Crippen molar-refractivity contribution in [3.63, 3.8) is 0 Å². The molecule has 0 saturated heterocycles. The minimum absolute atomic E-state index is 0.0382. The Balaban J connectivity index is 1.73. The molecule has 0 amide bonds. The second kappa shape index (κ2) is 10.00. The highest BCUT2D eigenvalue weighted by molar-refractivity contribution is 5.79. The molecule has 30 heavy (non-hydrogen) atoms. The number of hydrogen-bond acceptors (Lipinski definition) is 5. The maximum absolute atomic E-state index is 12.8. The summed E-state index contributed by atoms with van der Waals surface area (Å²) in [6, 6.07) is 11.1. The topological polar surface area (TPSA) is 67.4 Å². The van der Waals surface area contributed by atoms with Crippen molar-refractivity contribution >= 4 is 11.6 Å². The Morgan fingerprint density at radius 1 is 1.17 bits per heavy atom. The molecule has 1 heterocycles. The maximum Gasteiger partial charge on any atom is 0.387 e. The molecule has 0 aromatic heterocycles. The minimum Gasteiger partial charge on any atom is -0.454 e. The summed E-state index contributed by atoms with van der Waals surface area (Å²) in [5.41, 5.74) is 2.66. The van der Waals surface area contributed by atoms with Crippen molar-refractivity contribution in [2.75, 3.05) is 32.3 Å². The standard InChI is InChI=1S/C21H26F2N4O3/c1-4-24-21(25-11-14-6-5-7-16(8-14)27(2)3)26-12-15-9-18-19(29-13-28-18)10-17(15)30-20(22)23/h5-10,20H,4,11-13H2,1-3H3,(H2,24,25,26). The van der Waals surface area contributed by atoms with Crippen LogP contribution in [0.25, 0.3) is 0 Å². The zero-order valence-corrected chi connectivity index (χ0v) is 17.2. The van der Waals surface area contributed by atoms with Crippen LogP contribution in [-0.2, 0) is 13.1 Å². The van der Waals surface area contributed by atoms with Crippen LogP contribution in [0.5, 0.6) is 17.2 Å². The molecule has 0 atom stereocenters. The van der Waals surface area contributed by atoms with Gasteiger partial charge in [0.1, 0.15) is 5.75 Å². The predicted octanol–water partition coefficient (Wildman–Crippen LogP) is 3.34. The van der Waals surface area contributed by atoms with E-state index in [1.54, 1.807) is 6.07 Å². The number of ether oxygens (including phenoxy) is 3. The summed E-state index contributed by atoms with van der Waals surface area (Å²) in [6.07, 6.45) is 0. The van der Waals surface area contributed by atoms with Crippen molar-refractivity contribution in [3.05, 3.63) is 47.5 Å². The van der Waals surface area contributed by atoms with Crippen LogP contribution in [-0.4, -0.2) is 40.0 Å². The molecule has 9 heteroatoms. The quantitative estimate of drug-likeness (QED) is 0.504. The van der Waals surface area contributed by atoms with Gasteiger partial charge in [-0.15, -0.1) is 0 Å². The summed E-state index contributed by atoms with van der Waals surface area (Å²) in [7, 11) is 3.97. The van der Waals surface area contributed by atoms with Crippen molar-refractivity contribution < 1.29 is 23.0 Å². The number of rotatable bonds is 8. The van der Waals surface area contributed by atoms with Gasteiger partial charge in [-0.3, -0.25) is 0 Å². The van der Waals surface area contributed by atoms with E-state index in [1.807, 2.05) is 44.1 Å². The van der Waals surface area contributed by atoms with Gasteiger partial charge in [0.05, 0.1) is 6.54 Å². The Kier molecular flexibility index (Phi) is 7.16. The molecule has 2 N–H and O–H groups in total. The molecule has 0 fully saturated rings. The zero-order valence-electron chi connectivity index (χ0n) is 17.2. The Morgan fingerprint density at radius 3 is 2.63 bits per heavy atom. The summed E-state index contributed by atoms with van der Waals surface area (Å²) in [6.45, 7) is 0.424. The largest absolute Gasteiger partial charge is 0.454 e. The van der Waals surface area contributed by atoms with Gasteiger partial charge in [0.2, 0.25) is 6.79 Å². The van der Waals surface area contributed by atoms with Gasteiger partial charge in [0.15, 0.2) is 17.5 Å². The number of aliphatic imine (C=N–C) groups is 1. The van der Waals surface area contributed by atoms with E-state index in [-0.39, 0.29) is 19.1 Å². The van der Waals surface area contributed by atoms with Gasteiger partial charge in [-0.2, -0.15) is 8.78 Å². The fourth-order valence-corrected chi connectivity index (χ4v) is 2.93. The lowest BCUT2D eigenvalue weighted by atomic mass is 10.1. The van der Waals surface area contributed by atoms with Gasteiger partial charge in [-0.25, -0.2) is 4.99 Å². The fraction of sp³-hybridized carbons (Fsp3) is 0.381. The highest BCUT2D eigenvalue weighted by Gasteiger charge is 2.20. The third kappa shape index (κ3) is 5.65. The van der Waals surface area contributed by atoms with Crippen LogP contribution in [0.1, 0.15) is 18.1 Å². The van der Waals surface area contributed by atoms with E-state index in [1.165, 1.54) is 6.07 Å². The first kappa shape index (κ1) is 21.5. The average Bonchev–Trinajstić information content (AvgIpc) is 3.17. The summed E-state index contributed by atoms with van der Waals surface area (Å²) >= 11 is 0. The smallest absolute Gasteiger partial charge is 0.387 e. The van der Waals surface area contributed by atoms with Crippen LogP contribution in [0.3, 0.4) is 0 Å². The molecule has 0 saturated carbocycles. The van der Waals surface area contributed by atoms with Crippen LogP contribution >= 0.6 is 0 Å². The van der Waals surface area contributed by atoms with E-state index in [2.05, 4.69) is 26.4 Å². The highest BCUT2D eigenvalue weighted by atomic mass is 19.3. The Bertz CT molecular complexity index is 891. The second-order valence-electron chi connectivity index (χ2n) is 6.80. The number of guanidine groups is 1. The summed E-state index contributed by atoms with van der Waals surface area (Å²) in [4.78, 5) is 6.62. The summed E-state index contributed by atoms with van der Waals surface area (Å²) in [5.74, 6) is 1.48. The van der Waals surface area contributed by atoms with Crippen LogP contribution in [0.15, 0.2) is 41.4 Å². The molecule has 7 nitrogen and oxygen atoms in total. The SMILES string of the molecule is CCNC(=NCc1cccc(N(C)C)c1)NCc1cc2c(cc1OC(F)F)OCO2. The van der Waals surface area contributed by atoms with Crippen molar-refractivity contribution in [2.24, 2.45) is 4.99 Å². The van der Waals surface area contributed by atoms with Gasteiger partial charge in [0.25, 0.3) is 0 Å². The Labute approximate surface area is 174 Å². The van der Waals surface area contributed by atoms with Crippen molar-refractivity contribution in [1.29, 1.82) is 0 Å². The van der Waals surface area contributed by atoms with Gasteiger partial charge in [-0.1, -0.05) is 12.1 Å². The number of halogens is 2. The molecule has 1 aliphatic heterocycles. The summed E-state index contributed by atoms with van der Waals surface area (Å²) in [5, 5.41) is 6.31. The Hall–Kier alpha value is -3.23. The minimum atomic E-state index is -2.94. The average molecular weight is 420 g/mol. The van der Waals surface area contributed by atoms with Crippen molar-refractivity contribution in [1.82, 2.24) is 10.6 Å². The van der Waals surface area contributed by atoms with E-state index in [9.17, 15) is 8.78 Å².